The lowest BCUT2D eigenvalue weighted by atomic mass is 10.0. The SMILES string of the molecule is Oc1ccccc1-c1nc(-c2ccccc2)cc(-c2cccc(N(c3ccccn3)c3cccc4c3oc3ccccc34)c2)n1. The fourth-order valence-corrected chi connectivity index (χ4v) is 5.73. The van der Waals surface area contributed by atoms with Crippen molar-refractivity contribution in [3.05, 3.63) is 152 Å². The number of benzene rings is 5. The van der Waals surface area contributed by atoms with Crippen LogP contribution in [0.4, 0.5) is 17.2 Å². The first-order valence-corrected chi connectivity index (χ1v) is 14.7. The Morgan fingerprint density at radius 3 is 2.13 bits per heavy atom. The Morgan fingerprint density at radius 2 is 1.29 bits per heavy atom. The van der Waals surface area contributed by atoms with Gasteiger partial charge in [0.05, 0.1) is 22.6 Å². The molecule has 0 fully saturated rings. The van der Waals surface area contributed by atoms with E-state index in [1.165, 1.54) is 0 Å². The molecule has 0 unspecified atom stereocenters. The van der Waals surface area contributed by atoms with Crippen LogP contribution in [0.2, 0.25) is 0 Å². The zero-order chi connectivity index (χ0) is 30.2. The van der Waals surface area contributed by atoms with E-state index in [-0.39, 0.29) is 5.75 Å². The highest BCUT2D eigenvalue weighted by atomic mass is 16.3. The maximum Gasteiger partial charge on any atom is 0.164 e. The Morgan fingerprint density at radius 1 is 0.578 bits per heavy atom. The summed E-state index contributed by atoms with van der Waals surface area (Å²) >= 11 is 0. The first kappa shape index (κ1) is 26.4. The lowest BCUT2D eigenvalue weighted by Gasteiger charge is -2.24. The molecule has 0 saturated carbocycles. The Kier molecular flexibility index (Phi) is 6.50. The van der Waals surface area contributed by atoms with Crippen LogP contribution in [0.5, 0.6) is 5.75 Å². The highest BCUT2D eigenvalue weighted by Crippen LogP contribution is 2.42. The number of phenolic OH excluding ortho intramolecular Hbond substituents is 1. The third kappa shape index (κ3) is 4.84. The molecule has 45 heavy (non-hydrogen) atoms. The van der Waals surface area contributed by atoms with Gasteiger partial charge in [-0.05, 0) is 54.6 Å². The quantitative estimate of drug-likeness (QED) is 0.210. The van der Waals surface area contributed by atoms with Gasteiger partial charge in [-0.25, -0.2) is 15.0 Å². The van der Waals surface area contributed by atoms with E-state index in [2.05, 4.69) is 41.3 Å². The molecule has 8 rings (SSSR count). The second-order valence-electron chi connectivity index (χ2n) is 10.7. The summed E-state index contributed by atoms with van der Waals surface area (Å²) in [6.45, 7) is 0. The molecule has 0 radical (unpaired) electrons. The molecule has 214 valence electrons. The van der Waals surface area contributed by atoms with Gasteiger partial charge >= 0.3 is 0 Å². The minimum atomic E-state index is 0.127. The van der Waals surface area contributed by atoms with Gasteiger partial charge in [-0.15, -0.1) is 0 Å². The average molecular weight is 583 g/mol. The largest absolute Gasteiger partial charge is 0.507 e. The maximum absolute atomic E-state index is 10.7. The Labute approximate surface area is 259 Å². The van der Waals surface area contributed by atoms with Crippen molar-refractivity contribution in [2.24, 2.45) is 0 Å². The summed E-state index contributed by atoms with van der Waals surface area (Å²) in [4.78, 5) is 16.7. The molecule has 0 aliphatic heterocycles. The molecule has 6 heteroatoms. The van der Waals surface area contributed by atoms with Crippen LogP contribution in [0.1, 0.15) is 0 Å². The summed E-state index contributed by atoms with van der Waals surface area (Å²) in [6.07, 6.45) is 1.79. The van der Waals surface area contributed by atoms with Gasteiger partial charge in [-0.3, -0.25) is 4.90 Å². The normalized spacial score (nSPS) is 11.2. The highest BCUT2D eigenvalue weighted by Gasteiger charge is 2.21. The van der Waals surface area contributed by atoms with Crippen molar-refractivity contribution in [2.45, 2.75) is 0 Å². The molecule has 3 aromatic heterocycles. The smallest absolute Gasteiger partial charge is 0.164 e. The molecule has 0 spiro atoms. The predicted octanol–water partition coefficient (Wildman–Crippen LogP) is 9.95. The van der Waals surface area contributed by atoms with Gasteiger partial charge < -0.3 is 9.52 Å². The second kappa shape index (κ2) is 11.1. The van der Waals surface area contributed by atoms with Gasteiger partial charge in [0, 0.05) is 33.8 Å². The first-order chi connectivity index (χ1) is 22.2. The van der Waals surface area contributed by atoms with Gasteiger partial charge in [-0.2, -0.15) is 0 Å². The highest BCUT2D eigenvalue weighted by molar-refractivity contribution is 6.10. The number of pyridine rings is 1. The number of furan rings is 1. The maximum atomic E-state index is 10.7. The van der Waals surface area contributed by atoms with E-state index < -0.39 is 0 Å². The first-order valence-electron chi connectivity index (χ1n) is 14.7. The molecule has 0 bridgehead atoms. The third-order valence-electron chi connectivity index (χ3n) is 7.84. The van der Waals surface area contributed by atoms with Crippen molar-refractivity contribution < 1.29 is 9.52 Å². The zero-order valence-corrected chi connectivity index (χ0v) is 24.1. The van der Waals surface area contributed by atoms with E-state index in [0.717, 1.165) is 61.6 Å². The predicted molar refractivity (Wildman–Crippen MR) is 180 cm³/mol. The number of aromatic nitrogens is 3. The number of fused-ring (bicyclic) bond motifs is 3. The summed E-state index contributed by atoms with van der Waals surface area (Å²) < 4.78 is 6.45. The molecule has 0 aliphatic rings. The lowest BCUT2D eigenvalue weighted by Crippen LogP contribution is -2.11. The molecule has 1 N–H and O–H groups in total. The lowest BCUT2D eigenvalue weighted by molar-refractivity contribution is 0.477. The van der Waals surface area contributed by atoms with Crippen LogP contribution in [0.3, 0.4) is 0 Å². The number of hydrogen-bond acceptors (Lipinski definition) is 6. The molecular formula is C39H26N4O2. The number of nitrogens with zero attached hydrogens (tertiary/aromatic N) is 4. The average Bonchev–Trinajstić information content (AvgIpc) is 3.49. The van der Waals surface area contributed by atoms with Gasteiger partial charge in [0.2, 0.25) is 0 Å². The van der Waals surface area contributed by atoms with E-state index >= 15 is 0 Å². The van der Waals surface area contributed by atoms with E-state index in [4.69, 9.17) is 19.4 Å². The second-order valence-corrected chi connectivity index (χ2v) is 10.7. The Hall–Kier alpha value is -6.27. The van der Waals surface area contributed by atoms with E-state index in [1.807, 2.05) is 97.1 Å². The van der Waals surface area contributed by atoms with Crippen LogP contribution in [-0.2, 0) is 0 Å². The zero-order valence-electron chi connectivity index (χ0n) is 24.1. The molecule has 0 amide bonds. The molecule has 0 atom stereocenters. The fourth-order valence-electron chi connectivity index (χ4n) is 5.73. The summed E-state index contributed by atoms with van der Waals surface area (Å²) in [7, 11) is 0. The Bertz CT molecular complexity index is 2300. The van der Waals surface area contributed by atoms with E-state index in [1.54, 1.807) is 18.3 Å². The summed E-state index contributed by atoms with van der Waals surface area (Å²) in [5.74, 6) is 1.33. The number of aromatic hydroxyl groups is 1. The van der Waals surface area contributed by atoms with Crippen molar-refractivity contribution >= 4 is 39.1 Å². The molecule has 3 heterocycles. The Balaban J connectivity index is 1.32. The summed E-state index contributed by atoms with van der Waals surface area (Å²) in [5.41, 5.74) is 7.29. The number of rotatable bonds is 6. The summed E-state index contributed by atoms with van der Waals surface area (Å²) in [6, 6.07) is 47.5. The van der Waals surface area contributed by atoms with Gasteiger partial charge in [-0.1, -0.05) is 91.0 Å². The molecule has 0 saturated heterocycles. The van der Waals surface area contributed by atoms with Crippen LogP contribution in [0.25, 0.3) is 55.8 Å². The molecule has 6 nitrogen and oxygen atoms in total. The van der Waals surface area contributed by atoms with Crippen LogP contribution in [0.15, 0.2) is 156 Å². The van der Waals surface area contributed by atoms with E-state index in [0.29, 0.717) is 11.4 Å². The minimum Gasteiger partial charge on any atom is -0.507 e. The fraction of sp³-hybridized carbons (Fsp3) is 0. The molecular weight excluding hydrogens is 556 g/mol. The standard InChI is InChI=1S/C39H26N4O2/c44-35-20-6-4-17-31(35)39-41-32(26-12-2-1-3-13-26)25-33(42-39)27-14-10-15-28(24-27)43(37-22-8-9-23-40-37)34-19-11-18-30-29-16-5-7-21-36(29)45-38(30)34/h1-25,44H. The van der Waals surface area contributed by atoms with Crippen LogP contribution >= 0.6 is 0 Å². The van der Waals surface area contributed by atoms with Crippen molar-refractivity contribution in [2.75, 3.05) is 4.90 Å². The number of anilines is 3. The topological polar surface area (TPSA) is 75.3 Å². The van der Waals surface area contributed by atoms with Crippen molar-refractivity contribution in [1.29, 1.82) is 0 Å². The molecule has 0 aliphatic carbocycles. The van der Waals surface area contributed by atoms with Crippen molar-refractivity contribution in [1.82, 2.24) is 15.0 Å². The van der Waals surface area contributed by atoms with Crippen LogP contribution < -0.4 is 4.90 Å². The van der Waals surface area contributed by atoms with Gasteiger partial charge in [0.1, 0.15) is 17.2 Å². The number of phenols is 1. The number of hydrogen-bond donors (Lipinski definition) is 1. The van der Waals surface area contributed by atoms with Gasteiger partial charge in [0.25, 0.3) is 0 Å². The van der Waals surface area contributed by atoms with Crippen LogP contribution in [0, 0.1) is 0 Å². The van der Waals surface area contributed by atoms with Gasteiger partial charge in [0.15, 0.2) is 11.4 Å². The molecule has 8 aromatic rings. The van der Waals surface area contributed by atoms with Crippen LogP contribution in [-0.4, -0.2) is 20.1 Å². The van der Waals surface area contributed by atoms with Crippen molar-refractivity contribution in [3.8, 4) is 39.7 Å². The van der Waals surface area contributed by atoms with Crippen molar-refractivity contribution in [3.63, 3.8) is 0 Å². The number of para-hydroxylation sites is 3. The monoisotopic (exact) mass is 582 g/mol. The minimum absolute atomic E-state index is 0.127. The third-order valence-corrected chi connectivity index (χ3v) is 7.84. The summed E-state index contributed by atoms with van der Waals surface area (Å²) in [5, 5.41) is 12.8. The van der Waals surface area contributed by atoms with E-state index in [9.17, 15) is 5.11 Å². The molecule has 5 aromatic carbocycles.